The van der Waals surface area contributed by atoms with Crippen LogP contribution in [0.4, 0.5) is 19.0 Å². The predicted octanol–water partition coefficient (Wildman–Crippen LogP) is 3.28. The minimum absolute atomic E-state index is 0.115. The van der Waals surface area contributed by atoms with E-state index < -0.39 is 35.4 Å². The highest BCUT2D eigenvalue weighted by atomic mass is 19.4. The molecule has 0 fully saturated rings. The summed E-state index contributed by atoms with van der Waals surface area (Å²) in [6.45, 7) is 4.94. The molecule has 1 aromatic heterocycles. The Morgan fingerprint density at radius 3 is 2.45 bits per heavy atom. The molecule has 0 radical (unpaired) electrons. The van der Waals surface area contributed by atoms with E-state index in [1.807, 2.05) is 0 Å². The molecule has 212 valence electrons. The second-order valence-electron chi connectivity index (χ2n) is 9.67. The number of rotatable bonds is 16. The third-order valence-electron chi connectivity index (χ3n) is 5.90. The summed E-state index contributed by atoms with van der Waals surface area (Å²) in [6, 6.07) is 6.76. The van der Waals surface area contributed by atoms with Gasteiger partial charge in [0, 0.05) is 26.1 Å². The van der Waals surface area contributed by atoms with Gasteiger partial charge in [-0.05, 0) is 50.8 Å². The van der Waals surface area contributed by atoms with Crippen LogP contribution in [0, 0.1) is 0 Å². The van der Waals surface area contributed by atoms with Crippen molar-refractivity contribution in [1.29, 1.82) is 0 Å². The molecule has 1 N–H and O–H groups in total. The zero-order valence-corrected chi connectivity index (χ0v) is 22.1. The van der Waals surface area contributed by atoms with Crippen molar-refractivity contribution in [2.45, 2.75) is 97.0 Å². The molecule has 38 heavy (non-hydrogen) atoms. The van der Waals surface area contributed by atoms with E-state index in [2.05, 4.69) is 17.3 Å². The summed E-state index contributed by atoms with van der Waals surface area (Å²) < 4.78 is 45.3. The van der Waals surface area contributed by atoms with Crippen LogP contribution >= 0.6 is 0 Å². The molecule has 0 bridgehead atoms. The Hall–Kier alpha value is -3.31. The van der Waals surface area contributed by atoms with Crippen LogP contribution in [0.5, 0.6) is 5.75 Å². The van der Waals surface area contributed by atoms with E-state index in [1.54, 1.807) is 24.3 Å². The maximum Gasteiger partial charge on any atom is 0.389 e. The Kier molecular flexibility index (Phi) is 11.4. The van der Waals surface area contributed by atoms with Gasteiger partial charge in [0.05, 0.1) is 5.97 Å². The number of carbonyl (C=O) groups excluding carboxylic acids is 1. The number of nitrogens with one attached hydrogen (secondary N) is 1. The van der Waals surface area contributed by atoms with E-state index in [1.165, 1.54) is 13.8 Å². The van der Waals surface area contributed by atoms with Gasteiger partial charge in [-0.3, -0.25) is 9.36 Å². The molecule has 0 amide bonds. The van der Waals surface area contributed by atoms with Crippen molar-refractivity contribution < 1.29 is 27.8 Å². The van der Waals surface area contributed by atoms with Crippen LogP contribution in [0.2, 0.25) is 0 Å². The van der Waals surface area contributed by atoms with Crippen LogP contribution in [-0.2, 0) is 24.3 Å². The van der Waals surface area contributed by atoms with E-state index in [4.69, 9.17) is 4.74 Å². The van der Waals surface area contributed by atoms with E-state index in [0.29, 0.717) is 18.6 Å². The van der Waals surface area contributed by atoms with Gasteiger partial charge in [-0.15, -0.1) is 5.10 Å². The van der Waals surface area contributed by atoms with Crippen molar-refractivity contribution in [3.8, 4) is 5.75 Å². The molecule has 1 aromatic carbocycles. The van der Waals surface area contributed by atoms with E-state index in [-0.39, 0.29) is 31.9 Å². The standard InChI is InChI=1S/C26H37F3N4O5/c1-4-5-6-7-8-16-32-22(34)21(31-33(24(32)37)17-10-14-26(27,28)29)30-15-13-19-11-9-12-20(18-19)38-25(2,3)23(35)36/h9,11-12,18H,4-8,10,13-17H2,1-3H3,(H,30,31)(H,35,36)/p-1. The smallest absolute Gasteiger partial charge is 0.389 e. The third kappa shape index (κ3) is 9.86. The number of nitrogens with zero attached hydrogens (tertiary/aromatic N) is 3. The number of halogens is 3. The maximum atomic E-state index is 13.0. The lowest BCUT2D eigenvalue weighted by molar-refractivity contribution is -0.320. The van der Waals surface area contributed by atoms with Crippen LogP contribution in [0.15, 0.2) is 33.9 Å². The van der Waals surface area contributed by atoms with Crippen LogP contribution < -0.4 is 26.4 Å². The Bertz CT molecular complexity index is 1170. The molecule has 0 saturated carbocycles. The molecule has 0 aliphatic carbocycles. The lowest BCUT2D eigenvalue weighted by Gasteiger charge is -2.27. The van der Waals surface area contributed by atoms with Gasteiger partial charge < -0.3 is 20.0 Å². The minimum atomic E-state index is -4.35. The number of unbranched alkanes of at least 4 members (excludes halogenated alkanes) is 4. The first kappa shape index (κ1) is 30.9. The Balaban J connectivity index is 2.16. The lowest BCUT2D eigenvalue weighted by atomic mass is 10.1. The monoisotopic (exact) mass is 541 g/mol. The maximum absolute atomic E-state index is 13.0. The van der Waals surface area contributed by atoms with Gasteiger partial charge in [0.2, 0.25) is 5.82 Å². The number of carboxylic acid groups (broad SMARTS) is 1. The predicted molar refractivity (Wildman–Crippen MR) is 135 cm³/mol. The summed E-state index contributed by atoms with van der Waals surface area (Å²) in [5.41, 5.74) is -2.09. The van der Waals surface area contributed by atoms with Crippen LogP contribution in [0.1, 0.15) is 71.3 Å². The fourth-order valence-corrected chi connectivity index (χ4v) is 3.74. The van der Waals surface area contributed by atoms with Gasteiger partial charge in [-0.1, -0.05) is 44.7 Å². The molecule has 0 atom stereocenters. The third-order valence-corrected chi connectivity index (χ3v) is 5.90. The van der Waals surface area contributed by atoms with Crippen LogP contribution in [0.3, 0.4) is 0 Å². The molecule has 0 spiro atoms. The molecule has 1 heterocycles. The van der Waals surface area contributed by atoms with Crippen molar-refractivity contribution >= 4 is 11.8 Å². The van der Waals surface area contributed by atoms with Crippen molar-refractivity contribution in [3.63, 3.8) is 0 Å². The summed E-state index contributed by atoms with van der Waals surface area (Å²) in [4.78, 5) is 37.0. The minimum Gasteiger partial charge on any atom is -0.546 e. The van der Waals surface area contributed by atoms with Crippen LogP contribution in [0.25, 0.3) is 0 Å². The summed E-state index contributed by atoms with van der Waals surface area (Å²) in [6.07, 6.45) is -0.893. The number of hydrogen-bond acceptors (Lipinski definition) is 7. The first-order valence-electron chi connectivity index (χ1n) is 12.9. The quantitative estimate of drug-likeness (QED) is 0.324. The highest BCUT2D eigenvalue weighted by Crippen LogP contribution is 2.21. The molecule has 2 aromatic rings. The first-order valence-corrected chi connectivity index (χ1v) is 12.9. The number of carboxylic acids is 1. The number of aliphatic carboxylic acids is 1. The second kappa shape index (κ2) is 14.0. The number of aromatic nitrogens is 3. The van der Waals surface area contributed by atoms with Gasteiger partial charge in [0.15, 0.2) is 0 Å². The summed E-state index contributed by atoms with van der Waals surface area (Å²) in [7, 11) is 0. The Morgan fingerprint density at radius 1 is 1.08 bits per heavy atom. The van der Waals surface area contributed by atoms with Crippen LogP contribution in [-0.4, -0.2) is 38.6 Å². The molecule has 0 unspecified atom stereocenters. The number of carbonyl (C=O) groups is 1. The van der Waals surface area contributed by atoms with Crippen molar-refractivity contribution in [3.05, 3.63) is 50.7 Å². The van der Waals surface area contributed by atoms with Gasteiger partial charge in [-0.2, -0.15) is 13.2 Å². The van der Waals surface area contributed by atoms with E-state index in [9.17, 15) is 32.7 Å². The van der Waals surface area contributed by atoms with Crippen molar-refractivity contribution in [2.24, 2.45) is 0 Å². The van der Waals surface area contributed by atoms with Gasteiger partial charge in [0.1, 0.15) is 11.4 Å². The second-order valence-corrected chi connectivity index (χ2v) is 9.67. The van der Waals surface area contributed by atoms with Gasteiger partial charge in [0.25, 0.3) is 5.56 Å². The number of alkyl halides is 3. The highest BCUT2D eigenvalue weighted by Gasteiger charge is 2.26. The number of benzene rings is 1. The van der Waals surface area contributed by atoms with Crippen molar-refractivity contribution in [1.82, 2.24) is 14.3 Å². The molecule has 9 nitrogen and oxygen atoms in total. The average Bonchev–Trinajstić information content (AvgIpc) is 2.82. The lowest BCUT2D eigenvalue weighted by Crippen LogP contribution is -2.47. The largest absolute Gasteiger partial charge is 0.546 e. The van der Waals surface area contributed by atoms with E-state index >= 15 is 0 Å². The fraction of sp³-hybridized carbons (Fsp3) is 0.615. The van der Waals surface area contributed by atoms with Gasteiger partial charge in [-0.25, -0.2) is 9.48 Å². The molecule has 12 heteroatoms. The van der Waals surface area contributed by atoms with Crippen molar-refractivity contribution in [2.75, 3.05) is 11.9 Å². The Morgan fingerprint density at radius 2 is 1.79 bits per heavy atom. The molecule has 0 aliphatic rings. The zero-order chi connectivity index (χ0) is 28.3. The fourth-order valence-electron chi connectivity index (χ4n) is 3.74. The zero-order valence-electron chi connectivity index (χ0n) is 22.1. The highest BCUT2D eigenvalue weighted by molar-refractivity contribution is 5.74. The Labute approximate surface area is 219 Å². The van der Waals surface area contributed by atoms with Gasteiger partial charge >= 0.3 is 11.9 Å². The number of anilines is 1. The average molecular weight is 542 g/mol. The summed E-state index contributed by atoms with van der Waals surface area (Å²) >= 11 is 0. The number of aryl methyl sites for hydroxylation is 1. The topological polar surface area (TPSA) is 118 Å². The van der Waals surface area contributed by atoms with E-state index in [0.717, 1.165) is 40.5 Å². The molecule has 0 saturated heterocycles. The first-order chi connectivity index (χ1) is 17.8. The molecular weight excluding hydrogens is 505 g/mol. The normalized spacial score (nSPS) is 11.9. The molecule has 0 aliphatic heterocycles. The number of hydrogen-bond donors (Lipinski definition) is 1. The molecule has 2 rings (SSSR count). The SMILES string of the molecule is CCCCCCCn1c(=O)c(NCCc2cccc(OC(C)(C)C(=O)[O-])c2)nn(CCCC(F)(F)F)c1=O. The summed E-state index contributed by atoms with van der Waals surface area (Å²) in [5, 5.41) is 18.1. The molecular formula is C26H36F3N4O5-. The number of ether oxygens (including phenoxy) is 1. The summed E-state index contributed by atoms with van der Waals surface area (Å²) in [5.74, 6) is -1.14.